The van der Waals surface area contributed by atoms with Crippen molar-refractivity contribution < 1.29 is 13.2 Å². The number of nitriles is 1. The molecular weight excluding hydrogens is 265 g/mol. The monoisotopic (exact) mass is 276 g/mol. The summed E-state index contributed by atoms with van der Waals surface area (Å²) in [6, 6.07) is 9.22. The van der Waals surface area contributed by atoms with E-state index < -0.39 is 17.5 Å². The van der Waals surface area contributed by atoms with Gasteiger partial charge in [-0.1, -0.05) is 0 Å². The summed E-state index contributed by atoms with van der Waals surface area (Å²) in [5.41, 5.74) is 1.00. The Morgan fingerprint density at radius 3 is 2.30 bits per heavy atom. The molecule has 0 bridgehead atoms. The number of nitrogens with zero attached hydrogens (tertiary/aromatic N) is 1. The normalized spacial score (nSPS) is 10.1. The van der Waals surface area contributed by atoms with Gasteiger partial charge in [-0.3, -0.25) is 0 Å². The molecule has 1 N–H and O–H groups in total. The van der Waals surface area contributed by atoms with Crippen molar-refractivity contribution in [3.05, 3.63) is 65.0 Å². The molecule has 2 aromatic carbocycles. The van der Waals surface area contributed by atoms with Gasteiger partial charge in [0.1, 0.15) is 23.5 Å². The molecule has 0 aromatic heterocycles. The van der Waals surface area contributed by atoms with Gasteiger partial charge in [0.15, 0.2) is 0 Å². The Labute approximate surface area is 114 Å². The highest BCUT2D eigenvalue weighted by Crippen LogP contribution is 2.14. The predicted octanol–water partition coefficient (Wildman–Crippen LogP) is 3.63. The van der Waals surface area contributed by atoms with Crippen LogP contribution in [0.3, 0.4) is 0 Å². The van der Waals surface area contributed by atoms with Gasteiger partial charge in [-0.05, 0) is 42.3 Å². The molecule has 0 saturated heterocycles. The smallest absolute Gasteiger partial charge is 0.143 e. The van der Waals surface area contributed by atoms with Crippen molar-refractivity contribution in [2.45, 2.75) is 6.42 Å². The zero-order valence-electron chi connectivity index (χ0n) is 10.5. The molecule has 20 heavy (non-hydrogen) atoms. The number of benzene rings is 2. The standard InChI is InChI=1S/C15H11F3N2/c16-12-5-10(6-13(17)7-12)3-4-20-14-2-1-11(9-19)15(18)8-14/h1-2,5-8,20H,3-4H2. The molecule has 0 aliphatic rings. The van der Waals surface area contributed by atoms with Crippen LogP contribution in [-0.2, 0) is 6.42 Å². The highest BCUT2D eigenvalue weighted by atomic mass is 19.1. The second kappa shape index (κ2) is 6.11. The highest BCUT2D eigenvalue weighted by Gasteiger charge is 2.03. The van der Waals surface area contributed by atoms with E-state index in [1.807, 2.05) is 0 Å². The topological polar surface area (TPSA) is 35.8 Å². The van der Waals surface area contributed by atoms with Gasteiger partial charge >= 0.3 is 0 Å². The lowest BCUT2D eigenvalue weighted by Gasteiger charge is -2.07. The molecule has 2 nitrogen and oxygen atoms in total. The first-order valence-electron chi connectivity index (χ1n) is 5.97. The fraction of sp³-hybridized carbons (Fsp3) is 0.133. The Morgan fingerprint density at radius 2 is 1.70 bits per heavy atom. The van der Waals surface area contributed by atoms with Crippen LogP contribution >= 0.6 is 0 Å². The van der Waals surface area contributed by atoms with Gasteiger partial charge in [0.2, 0.25) is 0 Å². The first-order valence-corrected chi connectivity index (χ1v) is 5.97. The molecule has 0 amide bonds. The molecule has 0 saturated carbocycles. The number of hydrogen-bond donors (Lipinski definition) is 1. The summed E-state index contributed by atoms with van der Waals surface area (Å²) in [6.07, 6.45) is 0.399. The lowest BCUT2D eigenvalue weighted by molar-refractivity contribution is 0.580. The van der Waals surface area contributed by atoms with E-state index in [4.69, 9.17) is 5.26 Å². The van der Waals surface area contributed by atoms with Gasteiger partial charge in [-0.25, -0.2) is 13.2 Å². The average molecular weight is 276 g/mol. The summed E-state index contributed by atoms with van der Waals surface area (Å²) in [4.78, 5) is 0. The Kier molecular flexibility index (Phi) is 4.26. The summed E-state index contributed by atoms with van der Waals surface area (Å²) in [5.74, 6) is -1.84. The maximum Gasteiger partial charge on any atom is 0.143 e. The molecule has 0 spiro atoms. The van der Waals surface area contributed by atoms with Crippen LogP contribution in [0.2, 0.25) is 0 Å². The predicted molar refractivity (Wildman–Crippen MR) is 69.7 cm³/mol. The zero-order valence-corrected chi connectivity index (χ0v) is 10.5. The Balaban J connectivity index is 1.96. The van der Waals surface area contributed by atoms with E-state index in [-0.39, 0.29) is 5.56 Å². The minimum absolute atomic E-state index is 0.0252. The Hall–Kier alpha value is -2.48. The van der Waals surface area contributed by atoms with Crippen LogP contribution in [0, 0.1) is 28.8 Å². The fourth-order valence-corrected chi connectivity index (χ4v) is 1.82. The number of rotatable bonds is 4. The van der Waals surface area contributed by atoms with Crippen LogP contribution in [0.5, 0.6) is 0 Å². The first kappa shape index (κ1) is 13.9. The summed E-state index contributed by atoms with van der Waals surface area (Å²) < 4.78 is 39.3. The molecule has 0 atom stereocenters. The fourth-order valence-electron chi connectivity index (χ4n) is 1.82. The molecule has 102 valence electrons. The molecule has 5 heteroatoms. The third-order valence-corrected chi connectivity index (χ3v) is 2.75. The van der Waals surface area contributed by atoms with E-state index in [2.05, 4.69) is 5.32 Å². The SMILES string of the molecule is N#Cc1ccc(NCCc2cc(F)cc(F)c2)cc1F. The van der Waals surface area contributed by atoms with Crippen LogP contribution in [0.25, 0.3) is 0 Å². The average Bonchev–Trinajstić information content (AvgIpc) is 2.38. The van der Waals surface area contributed by atoms with Crippen molar-refractivity contribution >= 4 is 5.69 Å². The van der Waals surface area contributed by atoms with Gasteiger partial charge in [-0.15, -0.1) is 0 Å². The van der Waals surface area contributed by atoms with E-state index in [1.54, 1.807) is 12.1 Å². The number of hydrogen-bond acceptors (Lipinski definition) is 2. The lowest BCUT2D eigenvalue weighted by atomic mass is 10.1. The van der Waals surface area contributed by atoms with Crippen LogP contribution < -0.4 is 5.32 Å². The van der Waals surface area contributed by atoms with Crippen molar-refractivity contribution in [1.29, 1.82) is 5.26 Å². The lowest BCUT2D eigenvalue weighted by Crippen LogP contribution is -2.05. The molecule has 2 aromatic rings. The van der Waals surface area contributed by atoms with Crippen molar-refractivity contribution in [1.82, 2.24) is 0 Å². The minimum atomic E-state index is -0.621. The molecule has 0 heterocycles. The summed E-state index contributed by atoms with van der Waals surface area (Å²) in [6.45, 7) is 0.397. The van der Waals surface area contributed by atoms with Gasteiger partial charge in [0, 0.05) is 18.3 Å². The largest absolute Gasteiger partial charge is 0.385 e. The van der Waals surface area contributed by atoms with Gasteiger partial charge < -0.3 is 5.32 Å². The Morgan fingerprint density at radius 1 is 1.00 bits per heavy atom. The van der Waals surface area contributed by atoms with Gasteiger partial charge in [0.25, 0.3) is 0 Å². The third kappa shape index (κ3) is 3.51. The van der Waals surface area contributed by atoms with E-state index >= 15 is 0 Å². The van der Waals surface area contributed by atoms with Gasteiger partial charge in [-0.2, -0.15) is 5.26 Å². The second-order valence-electron chi connectivity index (χ2n) is 4.26. The molecule has 0 aliphatic heterocycles. The van der Waals surface area contributed by atoms with Crippen LogP contribution in [0.15, 0.2) is 36.4 Å². The van der Waals surface area contributed by atoms with E-state index in [0.717, 1.165) is 6.07 Å². The summed E-state index contributed by atoms with van der Waals surface area (Å²) >= 11 is 0. The number of nitrogens with one attached hydrogen (secondary N) is 1. The molecule has 0 fully saturated rings. The highest BCUT2D eigenvalue weighted by molar-refractivity contribution is 5.48. The van der Waals surface area contributed by atoms with Crippen LogP contribution in [0.4, 0.5) is 18.9 Å². The van der Waals surface area contributed by atoms with Crippen LogP contribution in [0.1, 0.15) is 11.1 Å². The molecule has 2 rings (SSSR count). The van der Waals surface area contributed by atoms with Crippen molar-refractivity contribution in [2.75, 3.05) is 11.9 Å². The van der Waals surface area contributed by atoms with Crippen molar-refractivity contribution in [2.24, 2.45) is 0 Å². The minimum Gasteiger partial charge on any atom is -0.385 e. The number of halogens is 3. The molecular formula is C15H11F3N2. The first-order chi connectivity index (χ1) is 9.58. The Bertz CT molecular complexity index is 642. The van der Waals surface area contributed by atoms with Gasteiger partial charge in [0.05, 0.1) is 5.56 Å². The summed E-state index contributed by atoms with van der Waals surface area (Å²) in [5, 5.41) is 11.5. The maximum absolute atomic E-state index is 13.3. The van der Waals surface area contributed by atoms with E-state index in [0.29, 0.717) is 24.2 Å². The molecule has 0 aliphatic carbocycles. The maximum atomic E-state index is 13.3. The number of anilines is 1. The van der Waals surface area contributed by atoms with E-state index in [1.165, 1.54) is 24.3 Å². The third-order valence-electron chi connectivity index (χ3n) is 2.75. The molecule has 0 unspecified atom stereocenters. The quantitative estimate of drug-likeness (QED) is 0.925. The van der Waals surface area contributed by atoms with Crippen LogP contribution in [-0.4, -0.2) is 6.54 Å². The second-order valence-corrected chi connectivity index (χ2v) is 4.26. The van der Waals surface area contributed by atoms with Crippen molar-refractivity contribution in [3.63, 3.8) is 0 Å². The van der Waals surface area contributed by atoms with E-state index in [9.17, 15) is 13.2 Å². The zero-order chi connectivity index (χ0) is 14.5. The summed E-state index contributed by atoms with van der Waals surface area (Å²) in [7, 11) is 0. The van der Waals surface area contributed by atoms with Crippen molar-refractivity contribution in [3.8, 4) is 6.07 Å². The molecule has 0 radical (unpaired) electrons.